The lowest BCUT2D eigenvalue weighted by atomic mass is 10.2. The van der Waals surface area contributed by atoms with E-state index in [1.54, 1.807) is 35.8 Å². The molecule has 0 saturated carbocycles. The van der Waals surface area contributed by atoms with E-state index in [0.717, 1.165) is 12.1 Å². The van der Waals surface area contributed by atoms with Crippen LogP contribution in [0.4, 0.5) is 19.0 Å². The summed E-state index contributed by atoms with van der Waals surface area (Å²) in [5, 5.41) is 3.10. The molecular formula is C28H25Cl2F3N4O4S. The third-order valence-electron chi connectivity index (χ3n) is 6.09. The monoisotopic (exact) mass is 640 g/mol. The van der Waals surface area contributed by atoms with Crippen molar-refractivity contribution in [2.24, 2.45) is 5.92 Å². The van der Waals surface area contributed by atoms with Gasteiger partial charge in [-0.1, -0.05) is 37.0 Å². The van der Waals surface area contributed by atoms with E-state index in [-0.39, 0.29) is 39.8 Å². The molecule has 4 aromatic rings. The molecule has 2 aromatic carbocycles. The Morgan fingerprint density at radius 3 is 2.33 bits per heavy atom. The van der Waals surface area contributed by atoms with Gasteiger partial charge in [0.1, 0.15) is 17.4 Å². The van der Waals surface area contributed by atoms with E-state index in [9.17, 15) is 26.4 Å². The number of anilines is 1. The number of alkyl halides is 3. The Morgan fingerprint density at radius 2 is 1.76 bits per heavy atom. The molecule has 0 saturated heterocycles. The summed E-state index contributed by atoms with van der Waals surface area (Å²) in [6, 6.07) is 12.7. The van der Waals surface area contributed by atoms with Crippen molar-refractivity contribution in [3.8, 4) is 22.8 Å². The van der Waals surface area contributed by atoms with Crippen LogP contribution >= 0.6 is 23.2 Å². The second-order valence-corrected chi connectivity index (χ2v) is 12.3. The Hall–Kier alpha value is -3.61. The number of amides is 1. The Bertz CT molecular complexity index is 1710. The number of hydrogen-bond acceptors (Lipinski definition) is 6. The van der Waals surface area contributed by atoms with E-state index in [1.807, 2.05) is 13.8 Å². The molecule has 0 aliphatic carbocycles. The molecule has 0 fully saturated rings. The van der Waals surface area contributed by atoms with Crippen molar-refractivity contribution < 1.29 is 30.6 Å². The number of aromatic nitrogens is 3. The number of carbonyl (C=O) groups excluding carboxylic acids is 1. The summed E-state index contributed by atoms with van der Waals surface area (Å²) in [5.41, 5.74) is 0.292. The van der Waals surface area contributed by atoms with E-state index in [2.05, 4.69) is 15.3 Å². The summed E-state index contributed by atoms with van der Waals surface area (Å²) in [7, 11) is -3.79. The summed E-state index contributed by atoms with van der Waals surface area (Å²) in [6.45, 7) is 5.45. The fourth-order valence-corrected chi connectivity index (χ4v) is 5.65. The smallest absolute Gasteiger partial charge is 0.382 e. The first-order valence-electron chi connectivity index (χ1n) is 12.6. The van der Waals surface area contributed by atoms with E-state index >= 15 is 0 Å². The third kappa shape index (κ3) is 7.42. The van der Waals surface area contributed by atoms with Gasteiger partial charge in [-0.3, -0.25) is 9.36 Å². The maximum Gasteiger partial charge on any atom is 0.417 e. The summed E-state index contributed by atoms with van der Waals surface area (Å²) >= 11 is 12.5. The predicted molar refractivity (Wildman–Crippen MR) is 155 cm³/mol. The lowest BCUT2D eigenvalue weighted by molar-refractivity contribution is -0.137. The minimum atomic E-state index is -4.57. The predicted octanol–water partition coefficient (Wildman–Crippen LogP) is 7.58. The molecular weight excluding hydrogens is 616 g/mol. The normalized spacial score (nSPS) is 12.0. The number of nitrogens with zero attached hydrogens (tertiary/aromatic N) is 3. The van der Waals surface area contributed by atoms with Gasteiger partial charge >= 0.3 is 16.3 Å². The number of hydrogen-bond donors (Lipinski definition) is 1. The van der Waals surface area contributed by atoms with Crippen LogP contribution in [0.1, 0.15) is 42.0 Å². The van der Waals surface area contributed by atoms with E-state index in [4.69, 9.17) is 27.4 Å². The number of halogens is 5. The topological polar surface area (TPSA) is 103 Å². The highest BCUT2D eigenvalue weighted by molar-refractivity contribution is 7.87. The van der Waals surface area contributed by atoms with Crippen molar-refractivity contribution in [3.63, 3.8) is 0 Å². The first-order valence-corrected chi connectivity index (χ1v) is 14.9. The Morgan fingerprint density at radius 1 is 1.07 bits per heavy atom. The second kappa shape index (κ2) is 12.3. The van der Waals surface area contributed by atoms with Crippen LogP contribution in [-0.4, -0.2) is 34.6 Å². The molecule has 2 aromatic heterocycles. The van der Waals surface area contributed by atoms with E-state index in [0.29, 0.717) is 34.6 Å². The Balaban J connectivity index is 1.71. The van der Waals surface area contributed by atoms with Crippen molar-refractivity contribution in [2.75, 3.05) is 11.1 Å². The van der Waals surface area contributed by atoms with E-state index < -0.39 is 27.8 Å². The van der Waals surface area contributed by atoms with E-state index in [1.165, 1.54) is 18.2 Å². The third-order valence-corrected chi connectivity index (χ3v) is 7.82. The molecule has 0 unspecified atom stereocenters. The lowest BCUT2D eigenvalue weighted by Gasteiger charge is -2.13. The van der Waals surface area contributed by atoms with Gasteiger partial charge in [-0.2, -0.15) is 21.6 Å². The van der Waals surface area contributed by atoms with Gasteiger partial charge in [-0.05, 0) is 73.9 Å². The highest BCUT2D eigenvalue weighted by Gasteiger charge is 2.31. The molecule has 0 radical (unpaired) electrons. The van der Waals surface area contributed by atoms with Gasteiger partial charge in [0.2, 0.25) is 0 Å². The standard InChI is InChI=1S/C28H25Cl2F3N4O4S/c1-16(2)12-13-42(39,40)41-21-8-6-20(7-9-21)37-17(3)25(36-26(37)22-10-5-19(29)14-23(22)30)27(38)35-24-11-4-18(15-34-24)28(31,32)33/h4-11,14-16H,12-13H2,1-3H3,(H,34,35,38). The number of benzene rings is 2. The molecule has 14 heteroatoms. The van der Waals surface area contributed by atoms with Crippen molar-refractivity contribution >= 4 is 45.0 Å². The number of nitrogens with one attached hydrogen (secondary N) is 1. The molecule has 0 atom stereocenters. The van der Waals surface area contributed by atoms with Crippen molar-refractivity contribution in [2.45, 2.75) is 33.4 Å². The zero-order chi connectivity index (χ0) is 30.8. The summed E-state index contributed by atoms with van der Waals surface area (Å²) < 4.78 is 70.2. The maximum atomic E-state index is 13.2. The highest BCUT2D eigenvalue weighted by atomic mass is 35.5. The van der Waals surface area contributed by atoms with Crippen molar-refractivity contribution in [1.82, 2.24) is 14.5 Å². The van der Waals surface area contributed by atoms with Crippen LogP contribution in [0, 0.1) is 12.8 Å². The molecule has 8 nitrogen and oxygen atoms in total. The minimum Gasteiger partial charge on any atom is -0.382 e. The molecule has 0 aliphatic heterocycles. The Labute approximate surface area is 250 Å². The van der Waals surface area contributed by atoms with Crippen molar-refractivity contribution in [3.05, 3.63) is 87.8 Å². The molecule has 0 bridgehead atoms. The van der Waals surface area contributed by atoms with Crippen LogP contribution in [0.5, 0.6) is 5.75 Å². The molecule has 42 heavy (non-hydrogen) atoms. The SMILES string of the molecule is Cc1c(C(=O)Nc2ccc(C(F)(F)F)cn2)nc(-c2ccc(Cl)cc2Cl)n1-c1ccc(OS(=O)(=O)CCC(C)C)cc1. The quantitative estimate of drug-likeness (QED) is 0.189. The van der Waals surface area contributed by atoms with Gasteiger partial charge in [0.25, 0.3) is 5.91 Å². The average molecular weight is 641 g/mol. The molecule has 1 N–H and O–H groups in total. The van der Waals surface area contributed by atoms with Gasteiger partial charge in [-0.15, -0.1) is 0 Å². The average Bonchev–Trinajstić information content (AvgIpc) is 3.24. The molecule has 2 heterocycles. The largest absolute Gasteiger partial charge is 0.417 e. The molecule has 222 valence electrons. The van der Waals surface area contributed by atoms with Crippen molar-refractivity contribution in [1.29, 1.82) is 0 Å². The minimum absolute atomic E-state index is 0.0469. The Kier molecular flexibility index (Phi) is 9.19. The number of carbonyl (C=O) groups is 1. The van der Waals surface area contributed by atoms with Gasteiger partial charge in [0.05, 0.1) is 22.0 Å². The number of pyridine rings is 1. The number of rotatable bonds is 9. The molecule has 1 amide bonds. The molecule has 0 spiro atoms. The van der Waals surface area contributed by atoms with Crippen LogP contribution in [0.15, 0.2) is 60.8 Å². The fraction of sp³-hybridized carbons (Fsp3) is 0.250. The van der Waals surface area contributed by atoms with Crippen LogP contribution in [0.2, 0.25) is 10.0 Å². The number of imidazole rings is 1. The zero-order valence-electron chi connectivity index (χ0n) is 22.5. The lowest BCUT2D eigenvalue weighted by Crippen LogP contribution is -2.16. The molecule has 0 aliphatic rings. The summed E-state index contributed by atoms with van der Waals surface area (Å²) in [4.78, 5) is 21.4. The van der Waals surface area contributed by atoms with Gasteiger partial charge in [0.15, 0.2) is 5.69 Å². The van der Waals surface area contributed by atoms with Crippen LogP contribution in [0.3, 0.4) is 0 Å². The second-order valence-electron chi connectivity index (χ2n) is 9.73. The first-order chi connectivity index (χ1) is 19.6. The van der Waals surface area contributed by atoms with Crippen LogP contribution in [-0.2, 0) is 16.3 Å². The fourth-order valence-electron chi connectivity index (χ4n) is 3.91. The molecule has 4 rings (SSSR count). The zero-order valence-corrected chi connectivity index (χ0v) is 24.9. The van der Waals surface area contributed by atoms with Gasteiger partial charge < -0.3 is 9.50 Å². The van der Waals surface area contributed by atoms with Crippen LogP contribution in [0.25, 0.3) is 17.1 Å². The van der Waals surface area contributed by atoms with Crippen LogP contribution < -0.4 is 9.50 Å². The van der Waals surface area contributed by atoms with Gasteiger partial charge in [0, 0.05) is 22.5 Å². The van der Waals surface area contributed by atoms with Gasteiger partial charge in [-0.25, -0.2) is 9.97 Å². The highest BCUT2D eigenvalue weighted by Crippen LogP contribution is 2.34. The summed E-state index contributed by atoms with van der Waals surface area (Å²) in [5.74, 6) is -0.391. The summed E-state index contributed by atoms with van der Waals surface area (Å²) in [6.07, 6.45) is -3.50. The maximum absolute atomic E-state index is 13.2. The first kappa shape index (κ1) is 31.3.